The van der Waals surface area contributed by atoms with E-state index in [4.69, 9.17) is 0 Å². The fourth-order valence-electron chi connectivity index (χ4n) is 3.44. The lowest BCUT2D eigenvalue weighted by Crippen LogP contribution is -2.39. The molecular weight excluding hydrogens is 306 g/mol. The molecular formula is C22H31N3+2. The van der Waals surface area contributed by atoms with Gasteiger partial charge in [0.2, 0.25) is 0 Å². The minimum Gasteiger partial charge on any atom is -0.350 e. The monoisotopic (exact) mass is 337 g/mol. The van der Waals surface area contributed by atoms with Crippen LogP contribution in [0.5, 0.6) is 0 Å². The minimum atomic E-state index is 1.03. The summed E-state index contributed by atoms with van der Waals surface area (Å²) in [6.45, 7) is 2.30. The van der Waals surface area contributed by atoms with E-state index in [1.807, 2.05) is 0 Å². The third kappa shape index (κ3) is 4.70. The number of rotatable bonds is 7. The van der Waals surface area contributed by atoms with Gasteiger partial charge in [-0.3, -0.25) is 0 Å². The van der Waals surface area contributed by atoms with Crippen molar-refractivity contribution in [3.05, 3.63) is 66.1 Å². The predicted molar refractivity (Wildman–Crippen MR) is 104 cm³/mol. The van der Waals surface area contributed by atoms with Crippen molar-refractivity contribution in [3.63, 3.8) is 0 Å². The molecule has 0 aliphatic carbocycles. The van der Waals surface area contributed by atoms with Gasteiger partial charge in [-0.25, -0.2) is 4.57 Å². The lowest BCUT2D eigenvalue weighted by atomic mass is 10.0. The van der Waals surface area contributed by atoms with E-state index in [9.17, 15) is 0 Å². The molecule has 2 aromatic heterocycles. The molecule has 3 rings (SSSR count). The van der Waals surface area contributed by atoms with Gasteiger partial charge in [0.05, 0.1) is 34.1 Å². The number of fused-ring (bicyclic) bond motifs is 1. The number of pyridine rings is 1. The second-order valence-corrected chi connectivity index (χ2v) is 8.09. The van der Waals surface area contributed by atoms with Crippen molar-refractivity contribution in [2.24, 2.45) is 7.05 Å². The number of quaternary nitrogens is 1. The van der Waals surface area contributed by atoms with E-state index in [0.29, 0.717) is 0 Å². The van der Waals surface area contributed by atoms with Crippen molar-refractivity contribution in [2.75, 3.05) is 27.7 Å². The normalized spacial score (nSPS) is 12.0. The zero-order chi connectivity index (χ0) is 17.9. The van der Waals surface area contributed by atoms with Crippen LogP contribution in [0.25, 0.3) is 10.9 Å². The standard InChI is InChI=1S/C22H31N3/c1-23-18-20(21-8-5-6-9-22(21)23)11-10-19-12-15-24(16-13-19)14-7-17-25(2,3)4/h5-6,8-9,12-13,15-16,18H,7,10-11,14,17H2,1-4H3/q+2. The van der Waals surface area contributed by atoms with E-state index < -0.39 is 0 Å². The number of aromatic nitrogens is 2. The molecule has 0 fully saturated rings. The van der Waals surface area contributed by atoms with Crippen LogP contribution in [0.4, 0.5) is 0 Å². The van der Waals surface area contributed by atoms with Gasteiger partial charge in [0.1, 0.15) is 0 Å². The van der Waals surface area contributed by atoms with E-state index >= 15 is 0 Å². The van der Waals surface area contributed by atoms with Crippen LogP contribution in [-0.4, -0.2) is 36.7 Å². The number of nitrogens with zero attached hydrogens (tertiary/aromatic N) is 3. The first-order valence-corrected chi connectivity index (χ1v) is 9.24. The van der Waals surface area contributed by atoms with Crippen LogP contribution in [0, 0.1) is 0 Å². The second kappa shape index (κ2) is 7.40. The lowest BCUT2D eigenvalue weighted by Gasteiger charge is -2.22. The van der Waals surface area contributed by atoms with E-state index in [1.54, 1.807) is 0 Å². The molecule has 0 amide bonds. The molecule has 2 heterocycles. The Labute approximate surface area is 151 Å². The summed E-state index contributed by atoms with van der Waals surface area (Å²) >= 11 is 0. The molecule has 0 unspecified atom stereocenters. The first-order valence-electron chi connectivity index (χ1n) is 9.24. The maximum atomic E-state index is 2.30. The van der Waals surface area contributed by atoms with Crippen molar-refractivity contribution >= 4 is 10.9 Å². The van der Waals surface area contributed by atoms with Crippen molar-refractivity contribution in [1.29, 1.82) is 0 Å². The maximum absolute atomic E-state index is 2.30. The molecule has 1 aromatic carbocycles. The third-order valence-electron chi connectivity index (χ3n) is 4.87. The summed E-state index contributed by atoms with van der Waals surface area (Å²) in [5, 5.41) is 1.39. The summed E-state index contributed by atoms with van der Waals surface area (Å²) in [5.74, 6) is 0. The van der Waals surface area contributed by atoms with Crippen LogP contribution in [-0.2, 0) is 26.4 Å². The number of hydrogen-bond acceptors (Lipinski definition) is 0. The summed E-state index contributed by atoms with van der Waals surface area (Å²) in [7, 11) is 8.89. The molecule has 0 bridgehead atoms. The summed E-state index contributed by atoms with van der Waals surface area (Å²) in [6, 6.07) is 13.2. The highest BCUT2D eigenvalue weighted by molar-refractivity contribution is 5.83. The number of benzene rings is 1. The Bertz CT molecular complexity index is 823. The lowest BCUT2D eigenvalue weighted by molar-refractivity contribution is -0.873. The molecule has 25 heavy (non-hydrogen) atoms. The van der Waals surface area contributed by atoms with Gasteiger partial charge in [-0.15, -0.1) is 0 Å². The Morgan fingerprint density at radius 3 is 2.40 bits per heavy atom. The highest BCUT2D eigenvalue weighted by atomic mass is 15.3. The minimum absolute atomic E-state index is 1.03. The molecule has 0 atom stereocenters. The van der Waals surface area contributed by atoms with Gasteiger partial charge in [0.25, 0.3) is 0 Å². The summed E-state index contributed by atoms with van der Waals surface area (Å²) < 4.78 is 5.57. The van der Waals surface area contributed by atoms with Gasteiger partial charge in [-0.1, -0.05) is 18.2 Å². The van der Waals surface area contributed by atoms with Crippen LogP contribution >= 0.6 is 0 Å². The molecule has 0 radical (unpaired) electrons. The molecule has 3 nitrogen and oxygen atoms in total. The van der Waals surface area contributed by atoms with Crippen LogP contribution in [0.1, 0.15) is 17.5 Å². The SMILES string of the molecule is Cn1cc(CCc2cc[n+](CCC[N+](C)(C)C)cc2)c2ccccc21. The fourth-order valence-corrected chi connectivity index (χ4v) is 3.44. The van der Waals surface area contributed by atoms with Crippen LogP contribution in [0.15, 0.2) is 55.0 Å². The molecule has 0 saturated heterocycles. The molecule has 3 aromatic rings. The Morgan fingerprint density at radius 1 is 0.960 bits per heavy atom. The quantitative estimate of drug-likeness (QED) is 0.462. The number of hydrogen-bond donors (Lipinski definition) is 0. The number of aryl methyl sites for hydroxylation is 4. The third-order valence-corrected chi connectivity index (χ3v) is 4.87. The van der Waals surface area contributed by atoms with Crippen LogP contribution in [0.2, 0.25) is 0 Å². The van der Waals surface area contributed by atoms with Crippen molar-refractivity contribution in [3.8, 4) is 0 Å². The maximum Gasteiger partial charge on any atom is 0.169 e. The van der Waals surface area contributed by atoms with Gasteiger partial charge in [-0.05, 0) is 30.0 Å². The van der Waals surface area contributed by atoms with Crippen LogP contribution < -0.4 is 4.57 Å². The summed E-state index contributed by atoms with van der Waals surface area (Å²) in [4.78, 5) is 0. The van der Waals surface area contributed by atoms with E-state index in [-0.39, 0.29) is 0 Å². The van der Waals surface area contributed by atoms with Gasteiger partial charge in [-0.2, -0.15) is 0 Å². The highest BCUT2D eigenvalue weighted by Crippen LogP contribution is 2.21. The predicted octanol–water partition coefficient (Wildman–Crippen LogP) is 3.35. The van der Waals surface area contributed by atoms with Gasteiger partial charge < -0.3 is 9.05 Å². The first-order chi connectivity index (χ1) is 11.9. The Hall–Kier alpha value is -2.13. The second-order valence-electron chi connectivity index (χ2n) is 8.09. The molecule has 0 saturated carbocycles. The largest absolute Gasteiger partial charge is 0.350 e. The van der Waals surface area contributed by atoms with Gasteiger partial charge in [0, 0.05) is 36.3 Å². The van der Waals surface area contributed by atoms with Gasteiger partial charge >= 0.3 is 0 Å². The molecule has 0 aliphatic rings. The van der Waals surface area contributed by atoms with Gasteiger partial charge in [0.15, 0.2) is 18.9 Å². The zero-order valence-electron chi connectivity index (χ0n) is 16.1. The van der Waals surface area contributed by atoms with Crippen molar-refractivity contribution in [2.45, 2.75) is 25.8 Å². The topological polar surface area (TPSA) is 8.81 Å². The fraction of sp³-hybridized carbons (Fsp3) is 0.409. The Balaban J connectivity index is 1.58. The van der Waals surface area contributed by atoms with E-state index in [0.717, 1.165) is 23.9 Å². The summed E-state index contributed by atoms with van der Waals surface area (Å²) in [6.07, 6.45) is 10.1. The zero-order valence-corrected chi connectivity index (χ0v) is 16.1. The van der Waals surface area contributed by atoms with Crippen molar-refractivity contribution < 1.29 is 9.05 Å². The average molecular weight is 338 g/mol. The molecule has 132 valence electrons. The summed E-state index contributed by atoms with van der Waals surface area (Å²) in [5.41, 5.74) is 4.18. The van der Waals surface area contributed by atoms with E-state index in [1.165, 1.54) is 35.0 Å². The molecule has 0 N–H and O–H groups in total. The highest BCUT2D eigenvalue weighted by Gasteiger charge is 2.10. The first kappa shape index (κ1) is 17.7. The van der Waals surface area contributed by atoms with E-state index in [2.05, 4.69) is 92.3 Å². The smallest absolute Gasteiger partial charge is 0.169 e. The molecule has 3 heteroatoms. The van der Waals surface area contributed by atoms with Crippen molar-refractivity contribution in [1.82, 2.24) is 4.57 Å². The average Bonchev–Trinajstić information content (AvgIpc) is 2.90. The molecule has 0 spiro atoms. The number of para-hydroxylation sites is 1. The Morgan fingerprint density at radius 2 is 1.68 bits per heavy atom. The Kier molecular flexibility index (Phi) is 5.24. The van der Waals surface area contributed by atoms with Crippen LogP contribution in [0.3, 0.4) is 0 Å². The molecule has 0 aliphatic heterocycles.